The average molecular weight is 392 g/mol. The summed E-state index contributed by atoms with van der Waals surface area (Å²) in [6, 6.07) is -0.355. The molecule has 0 aromatic carbocycles. The van der Waals surface area contributed by atoms with Crippen LogP contribution >= 0.6 is 0 Å². The molecule has 0 saturated heterocycles. The standard InChI is InChI=1S/C16H32NO3Si.2K/c1-10-11-13(17-14(18)20-15(2,3)4)12-19-21(8,9)16(5,6)7;;/h10-11,13H,1,12H2,2-9H3,(H,17,18);;/q;2*+1/p-1. The summed E-state index contributed by atoms with van der Waals surface area (Å²) in [7, 11) is -1.86. The van der Waals surface area contributed by atoms with E-state index in [0.717, 1.165) is 0 Å². The SMILES string of the molecule is C=C[CH]C(CO[Si](C)(C)C(C)(C)C)[N-]C(=O)OC(C)(C)C.[K+].[K+]. The molecule has 7 heteroatoms. The maximum Gasteiger partial charge on any atom is 1.00 e. The van der Waals surface area contributed by atoms with Crippen molar-refractivity contribution < 1.29 is 117 Å². The van der Waals surface area contributed by atoms with Crippen molar-refractivity contribution in [2.24, 2.45) is 0 Å². The van der Waals surface area contributed by atoms with Gasteiger partial charge in [-0.05, 0) is 45.3 Å². The molecule has 0 aromatic rings. The van der Waals surface area contributed by atoms with Gasteiger partial charge in [-0.15, -0.1) is 6.58 Å². The summed E-state index contributed by atoms with van der Waals surface area (Å²) in [4.78, 5) is 11.8. The summed E-state index contributed by atoms with van der Waals surface area (Å²) in [6.07, 6.45) is 2.83. The summed E-state index contributed by atoms with van der Waals surface area (Å²) in [5, 5.41) is 4.17. The summed E-state index contributed by atoms with van der Waals surface area (Å²) in [5.74, 6) is 0. The Kier molecular flexibility index (Phi) is 16.8. The largest absolute Gasteiger partial charge is 1.00 e. The maximum absolute atomic E-state index is 11.8. The Labute approximate surface area is 229 Å². The number of amides is 1. The molecule has 0 aliphatic heterocycles. The average Bonchev–Trinajstić information content (AvgIpc) is 2.22. The minimum atomic E-state index is -1.86. The molecule has 0 rings (SSSR count). The van der Waals surface area contributed by atoms with Crippen LogP contribution in [0.25, 0.3) is 5.32 Å². The molecule has 0 aliphatic carbocycles. The van der Waals surface area contributed by atoms with Crippen LogP contribution in [0.4, 0.5) is 4.79 Å². The van der Waals surface area contributed by atoms with Crippen molar-refractivity contribution in [2.75, 3.05) is 6.61 Å². The van der Waals surface area contributed by atoms with E-state index in [4.69, 9.17) is 9.16 Å². The molecule has 0 N–H and O–H groups in total. The van der Waals surface area contributed by atoms with Crippen molar-refractivity contribution in [3.63, 3.8) is 0 Å². The van der Waals surface area contributed by atoms with Gasteiger partial charge >= 0.3 is 103 Å². The molecule has 0 fully saturated rings. The van der Waals surface area contributed by atoms with E-state index in [1.54, 1.807) is 12.5 Å². The molecule has 0 aromatic heterocycles. The number of nitrogens with zero attached hydrogens (tertiary/aromatic N) is 1. The van der Waals surface area contributed by atoms with Gasteiger partial charge in [0.25, 0.3) is 0 Å². The second-order valence-electron chi connectivity index (χ2n) is 7.68. The third-order valence-electron chi connectivity index (χ3n) is 3.44. The molecular formula is C16H31K2NO3Si+. The van der Waals surface area contributed by atoms with Gasteiger partial charge in [-0.3, -0.25) is 4.79 Å². The van der Waals surface area contributed by atoms with Crippen LogP contribution in [0.5, 0.6) is 0 Å². The van der Waals surface area contributed by atoms with E-state index >= 15 is 0 Å². The summed E-state index contributed by atoms with van der Waals surface area (Å²) < 4.78 is 11.3. The van der Waals surface area contributed by atoms with E-state index in [0.29, 0.717) is 6.61 Å². The minimum Gasteiger partial charge on any atom is -0.612 e. The minimum absolute atomic E-state index is 0. The topological polar surface area (TPSA) is 49.6 Å². The van der Waals surface area contributed by atoms with Crippen LogP contribution < -0.4 is 103 Å². The second-order valence-corrected chi connectivity index (χ2v) is 12.5. The molecule has 4 nitrogen and oxygen atoms in total. The Morgan fingerprint density at radius 2 is 1.65 bits per heavy atom. The van der Waals surface area contributed by atoms with Crippen molar-refractivity contribution in [3.05, 3.63) is 24.4 Å². The zero-order valence-electron chi connectivity index (χ0n) is 16.8. The van der Waals surface area contributed by atoms with Gasteiger partial charge in [-0.1, -0.05) is 32.9 Å². The molecule has 123 valence electrons. The number of carbonyl (C=O) groups is 1. The van der Waals surface area contributed by atoms with Gasteiger partial charge in [0, 0.05) is 6.61 Å². The number of hydrogen-bond acceptors (Lipinski definition) is 3. The van der Waals surface area contributed by atoms with E-state index in [1.807, 2.05) is 20.8 Å². The molecule has 23 heavy (non-hydrogen) atoms. The maximum atomic E-state index is 11.8. The van der Waals surface area contributed by atoms with Crippen LogP contribution in [0.3, 0.4) is 0 Å². The van der Waals surface area contributed by atoms with Crippen molar-refractivity contribution in [3.8, 4) is 0 Å². The summed E-state index contributed by atoms with van der Waals surface area (Å²) in [6.45, 7) is 20.4. The van der Waals surface area contributed by atoms with Crippen LogP contribution in [0.2, 0.25) is 18.1 Å². The quantitative estimate of drug-likeness (QED) is 0.551. The predicted molar refractivity (Wildman–Crippen MR) is 91.0 cm³/mol. The van der Waals surface area contributed by atoms with Gasteiger partial charge in [0.1, 0.15) is 5.60 Å². The van der Waals surface area contributed by atoms with Crippen LogP contribution in [-0.4, -0.2) is 32.7 Å². The monoisotopic (exact) mass is 391 g/mol. The third-order valence-corrected chi connectivity index (χ3v) is 7.94. The molecule has 0 heterocycles. The first kappa shape index (κ1) is 30.2. The molecule has 0 saturated carbocycles. The normalized spacial score (nSPS) is 13.2. The zero-order chi connectivity index (χ0) is 16.9. The first-order valence-electron chi connectivity index (χ1n) is 7.32. The van der Waals surface area contributed by atoms with E-state index < -0.39 is 20.0 Å². The fraction of sp³-hybridized carbons (Fsp3) is 0.750. The van der Waals surface area contributed by atoms with Crippen molar-refractivity contribution in [1.29, 1.82) is 0 Å². The molecule has 0 aliphatic rings. The van der Waals surface area contributed by atoms with Crippen molar-refractivity contribution in [1.82, 2.24) is 0 Å². The van der Waals surface area contributed by atoms with Crippen LogP contribution in [0.15, 0.2) is 12.7 Å². The second kappa shape index (κ2) is 12.8. The number of carbonyl (C=O) groups excluding carboxylic acids is 1. The van der Waals surface area contributed by atoms with Gasteiger partial charge < -0.3 is 14.5 Å². The van der Waals surface area contributed by atoms with Crippen LogP contribution in [0.1, 0.15) is 41.5 Å². The first-order valence-corrected chi connectivity index (χ1v) is 10.2. The zero-order valence-corrected chi connectivity index (χ0v) is 24.1. The van der Waals surface area contributed by atoms with Crippen LogP contribution in [0, 0.1) is 6.42 Å². The summed E-state index contributed by atoms with van der Waals surface area (Å²) in [5.41, 5.74) is -0.542. The van der Waals surface area contributed by atoms with E-state index in [9.17, 15) is 4.79 Å². The van der Waals surface area contributed by atoms with Gasteiger partial charge in [-0.25, -0.2) is 0 Å². The Balaban J connectivity index is -0.00000200. The Morgan fingerprint density at radius 1 is 1.17 bits per heavy atom. The predicted octanol–water partition coefficient (Wildman–Crippen LogP) is -0.916. The molecule has 0 spiro atoms. The number of hydrogen-bond donors (Lipinski definition) is 0. The molecule has 0 bridgehead atoms. The Hall–Kier alpha value is 2.46. The van der Waals surface area contributed by atoms with Crippen LogP contribution in [-0.2, 0) is 9.16 Å². The third kappa shape index (κ3) is 14.2. The van der Waals surface area contributed by atoms with Gasteiger partial charge in [0.2, 0.25) is 6.09 Å². The Morgan fingerprint density at radius 3 is 2.00 bits per heavy atom. The summed E-state index contributed by atoms with van der Waals surface area (Å²) >= 11 is 0. The van der Waals surface area contributed by atoms with E-state index in [-0.39, 0.29) is 114 Å². The molecular weight excluding hydrogens is 360 g/mol. The van der Waals surface area contributed by atoms with E-state index in [2.05, 4.69) is 45.8 Å². The van der Waals surface area contributed by atoms with Gasteiger partial charge in [0.05, 0.1) is 0 Å². The molecule has 1 unspecified atom stereocenters. The Bertz CT molecular complexity index is 363. The fourth-order valence-electron chi connectivity index (χ4n) is 1.23. The van der Waals surface area contributed by atoms with E-state index in [1.165, 1.54) is 0 Å². The molecule has 1 atom stereocenters. The van der Waals surface area contributed by atoms with Gasteiger partial charge in [-0.2, -0.15) is 0 Å². The first-order chi connectivity index (χ1) is 9.28. The fourth-order valence-corrected chi connectivity index (χ4v) is 2.25. The smallest absolute Gasteiger partial charge is 0.612 e. The van der Waals surface area contributed by atoms with Crippen molar-refractivity contribution in [2.45, 2.75) is 71.3 Å². The number of ether oxygens (including phenoxy) is 1. The number of rotatable bonds is 6. The molecule has 1 amide bonds. The van der Waals surface area contributed by atoms with Crippen molar-refractivity contribution >= 4 is 14.4 Å². The van der Waals surface area contributed by atoms with Gasteiger partial charge in [0.15, 0.2) is 8.32 Å². The molecule has 1 radical (unpaired) electrons.